The van der Waals surface area contributed by atoms with Crippen LogP contribution < -0.4 is 9.47 Å². The number of benzene rings is 1. The van der Waals surface area contributed by atoms with Crippen molar-refractivity contribution in [2.45, 2.75) is 13.0 Å². The fourth-order valence-electron chi connectivity index (χ4n) is 1.11. The van der Waals surface area contributed by atoms with E-state index in [2.05, 4.69) is 0 Å². The van der Waals surface area contributed by atoms with Gasteiger partial charge in [0.15, 0.2) is 17.6 Å². The fourth-order valence-corrected chi connectivity index (χ4v) is 1.11. The first-order valence-corrected chi connectivity index (χ1v) is 4.67. The molecule has 7 heteroatoms. The van der Waals surface area contributed by atoms with Crippen molar-refractivity contribution in [3.63, 3.8) is 0 Å². The predicted molar refractivity (Wildman–Crippen MR) is 57.4 cm³/mol. The number of hydrogen-bond donors (Lipinski definition) is 1. The molecule has 0 saturated heterocycles. The fraction of sp³-hybridized carbons (Fsp3) is 0.300. The van der Waals surface area contributed by atoms with E-state index in [1.165, 1.54) is 32.2 Å². The minimum absolute atomic E-state index is 0.118. The molecule has 0 fully saturated rings. The van der Waals surface area contributed by atoms with E-state index in [9.17, 15) is 14.9 Å². The first-order chi connectivity index (χ1) is 7.95. The van der Waals surface area contributed by atoms with Gasteiger partial charge in [0.25, 0.3) is 5.69 Å². The van der Waals surface area contributed by atoms with Crippen LogP contribution >= 0.6 is 0 Å². The first kappa shape index (κ1) is 12.8. The van der Waals surface area contributed by atoms with Crippen LogP contribution in [-0.4, -0.2) is 29.2 Å². The molecular weight excluding hydrogens is 230 g/mol. The summed E-state index contributed by atoms with van der Waals surface area (Å²) in [5.41, 5.74) is -0.155. The Balaban J connectivity index is 3.00. The number of hydrogen-bond acceptors (Lipinski definition) is 5. The maximum absolute atomic E-state index is 10.6. The van der Waals surface area contributed by atoms with E-state index in [1.54, 1.807) is 0 Å². The van der Waals surface area contributed by atoms with Crippen molar-refractivity contribution in [3.05, 3.63) is 28.3 Å². The molecule has 1 N–H and O–H groups in total. The van der Waals surface area contributed by atoms with Crippen molar-refractivity contribution < 1.29 is 24.3 Å². The molecule has 0 saturated carbocycles. The molecule has 0 aromatic heterocycles. The molecule has 7 nitrogen and oxygen atoms in total. The van der Waals surface area contributed by atoms with E-state index in [0.29, 0.717) is 0 Å². The van der Waals surface area contributed by atoms with Gasteiger partial charge in [-0.3, -0.25) is 10.1 Å². The zero-order chi connectivity index (χ0) is 13.0. The second-order valence-corrected chi connectivity index (χ2v) is 3.19. The van der Waals surface area contributed by atoms with Crippen molar-refractivity contribution in [1.29, 1.82) is 0 Å². The molecule has 0 aliphatic rings. The zero-order valence-electron chi connectivity index (χ0n) is 9.25. The average Bonchev–Trinajstić information content (AvgIpc) is 2.28. The van der Waals surface area contributed by atoms with Crippen LogP contribution in [0, 0.1) is 10.1 Å². The topological polar surface area (TPSA) is 98.9 Å². The van der Waals surface area contributed by atoms with Crippen molar-refractivity contribution in [1.82, 2.24) is 0 Å². The number of ether oxygens (including phenoxy) is 2. The van der Waals surface area contributed by atoms with Crippen LogP contribution in [0.1, 0.15) is 6.92 Å². The van der Waals surface area contributed by atoms with Crippen LogP contribution in [0.15, 0.2) is 18.2 Å². The Bertz CT molecular complexity index is 444. The summed E-state index contributed by atoms with van der Waals surface area (Å²) in [6.45, 7) is 1.35. The molecule has 0 heterocycles. The molecule has 0 radical (unpaired) electrons. The van der Waals surface area contributed by atoms with E-state index < -0.39 is 17.0 Å². The van der Waals surface area contributed by atoms with Crippen LogP contribution in [0.3, 0.4) is 0 Å². The monoisotopic (exact) mass is 241 g/mol. The van der Waals surface area contributed by atoms with Crippen molar-refractivity contribution in [3.8, 4) is 11.5 Å². The Morgan fingerprint density at radius 3 is 2.59 bits per heavy atom. The summed E-state index contributed by atoms with van der Waals surface area (Å²) in [5, 5.41) is 19.2. The predicted octanol–water partition coefficient (Wildman–Crippen LogP) is 1.46. The second-order valence-electron chi connectivity index (χ2n) is 3.19. The zero-order valence-corrected chi connectivity index (χ0v) is 9.25. The van der Waals surface area contributed by atoms with Gasteiger partial charge >= 0.3 is 5.97 Å². The molecule has 0 aliphatic heterocycles. The highest BCUT2D eigenvalue weighted by Gasteiger charge is 2.17. The van der Waals surface area contributed by atoms with Crippen LogP contribution in [0.25, 0.3) is 0 Å². The molecule has 0 spiro atoms. The van der Waals surface area contributed by atoms with Gasteiger partial charge in [0.1, 0.15) is 0 Å². The third kappa shape index (κ3) is 3.07. The summed E-state index contributed by atoms with van der Waals surface area (Å²) in [7, 11) is 1.32. The van der Waals surface area contributed by atoms with E-state index in [-0.39, 0.29) is 17.2 Å². The number of rotatable bonds is 5. The number of carboxylic acids is 1. The largest absolute Gasteiger partial charge is 0.493 e. The number of non-ortho nitro benzene ring substituents is 1. The number of methoxy groups -OCH3 is 1. The molecular formula is C10H11NO6. The van der Waals surface area contributed by atoms with Crippen LogP contribution in [0.4, 0.5) is 5.69 Å². The molecule has 17 heavy (non-hydrogen) atoms. The van der Waals surface area contributed by atoms with E-state index in [4.69, 9.17) is 14.6 Å². The van der Waals surface area contributed by atoms with Gasteiger partial charge in [0.05, 0.1) is 18.1 Å². The quantitative estimate of drug-likeness (QED) is 0.618. The highest BCUT2D eigenvalue weighted by atomic mass is 16.6. The van der Waals surface area contributed by atoms with Crippen molar-refractivity contribution in [2.75, 3.05) is 7.11 Å². The Hall–Kier alpha value is -2.31. The molecule has 1 aromatic carbocycles. The molecule has 0 bridgehead atoms. The summed E-state index contributed by atoms with van der Waals surface area (Å²) in [6, 6.07) is 3.69. The lowest BCUT2D eigenvalue weighted by atomic mass is 10.2. The molecule has 1 rings (SSSR count). The van der Waals surface area contributed by atoms with Gasteiger partial charge in [-0.05, 0) is 13.0 Å². The molecule has 0 amide bonds. The number of nitro groups is 1. The Labute approximate surface area is 96.7 Å². The summed E-state index contributed by atoms with van der Waals surface area (Å²) >= 11 is 0. The molecule has 0 aliphatic carbocycles. The van der Waals surface area contributed by atoms with Gasteiger partial charge < -0.3 is 14.6 Å². The van der Waals surface area contributed by atoms with Gasteiger partial charge in [-0.25, -0.2) is 4.79 Å². The molecule has 1 aromatic rings. The van der Waals surface area contributed by atoms with Gasteiger partial charge in [0, 0.05) is 6.07 Å². The number of nitro benzene ring substituents is 1. The van der Waals surface area contributed by atoms with Gasteiger partial charge in [-0.15, -0.1) is 0 Å². The van der Waals surface area contributed by atoms with Gasteiger partial charge in [-0.2, -0.15) is 0 Å². The summed E-state index contributed by atoms with van der Waals surface area (Å²) in [5.74, 6) is -0.870. The average molecular weight is 241 g/mol. The second kappa shape index (κ2) is 5.15. The highest BCUT2D eigenvalue weighted by Crippen LogP contribution is 2.31. The first-order valence-electron chi connectivity index (χ1n) is 4.67. The van der Waals surface area contributed by atoms with Crippen molar-refractivity contribution >= 4 is 11.7 Å². The SMILES string of the molecule is COc1cc([N+](=O)[O-])ccc1O[C@@H](C)C(=O)O. The minimum Gasteiger partial charge on any atom is -0.493 e. The van der Waals surface area contributed by atoms with E-state index in [1.807, 2.05) is 0 Å². The molecule has 92 valence electrons. The maximum atomic E-state index is 10.6. The van der Waals surface area contributed by atoms with Crippen LogP contribution in [0.5, 0.6) is 11.5 Å². The third-order valence-corrected chi connectivity index (χ3v) is 2.01. The Morgan fingerprint density at radius 1 is 1.47 bits per heavy atom. The lowest BCUT2D eigenvalue weighted by molar-refractivity contribution is -0.385. The maximum Gasteiger partial charge on any atom is 0.344 e. The number of aliphatic carboxylic acids is 1. The van der Waals surface area contributed by atoms with Crippen molar-refractivity contribution in [2.24, 2.45) is 0 Å². The minimum atomic E-state index is -1.13. The number of carbonyl (C=O) groups is 1. The third-order valence-electron chi connectivity index (χ3n) is 2.01. The Kier molecular flexibility index (Phi) is 3.86. The molecule has 0 unspecified atom stereocenters. The van der Waals surface area contributed by atoms with Gasteiger partial charge in [0.2, 0.25) is 0 Å². The van der Waals surface area contributed by atoms with Crippen LogP contribution in [0.2, 0.25) is 0 Å². The normalized spacial score (nSPS) is 11.6. The lowest BCUT2D eigenvalue weighted by Gasteiger charge is -2.13. The molecule has 1 atom stereocenters. The summed E-state index contributed by atoms with van der Waals surface area (Å²) in [4.78, 5) is 20.6. The Morgan fingerprint density at radius 2 is 2.12 bits per heavy atom. The van der Waals surface area contributed by atoms with E-state index >= 15 is 0 Å². The number of nitrogens with zero attached hydrogens (tertiary/aromatic N) is 1. The number of carboxylic acid groups (broad SMARTS) is 1. The van der Waals surface area contributed by atoms with E-state index in [0.717, 1.165) is 0 Å². The standard InChI is InChI=1S/C10H11NO6/c1-6(10(12)13)17-8-4-3-7(11(14)15)5-9(8)16-2/h3-6H,1-2H3,(H,12,13)/t6-/m0/s1. The highest BCUT2D eigenvalue weighted by molar-refractivity contribution is 5.72. The smallest absolute Gasteiger partial charge is 0.344 e. The summed E-state index contributed by atoms with van der Waals surface area (Å²) in [6.07, 6.45) is -1.06. The van der Waals surface area contributed by atoms with Crippen LogP contribution in [-0.2, 0) is 4.79 Å². The van der Waals surface area contributed by atoms with Gasteiger partial charge in [-0.1, -0.05) is 0 Å². The lowest BCUT2D eigenvalue weighted by Crippen LogP contribution is -2.23. The summed E-state index contributed by atoms with van der Waals surface area (Å²) < 4.78 is 9.98.